The first-order chi connectivity index (χ1) is 15.4. The van der Waals surface area contributed by atoms with E-state index in [1.807, 2.05) is 12.1 Å². The quantitative estimate of drug-likeness (QED) is 0.164. The second-order valence-corrected chi connectivity index (χ2v) is 7.98. The van der Waals surface area contributed by atoms with Gasteiger partial charge in [0, 0.05) is 19.7 Å². The third kappa shape index (κ3) is 9.50. The second kappa shape index (κ2) is 16.1. The van der Waals surface area contributed by atoms with E-state index in [-0.39, 0.29) is 30.0 Å². The van der Waals surface area contributed by atoms with Crippen molar-refractivity contribution >= 4 is 29.9 Å². The number of hydrogen-bond donors (Lipinski definition) is 2. The topological polar surface area (TPSA) is 62.0 Å². The first-order valence-electron chi connectivity index (χ1n) is 11.8. The Hall–Kier alpha value is -1.58. The Kier molecular flexibility index (Phi) is 13.4. The molecule has 0 radical (unpaired) electrons. The molecule has 1 unspecified atom stereocenters. The summed E-state index contributed by atoms with van der Waals surface area (Å²) in [6, 6.07) is 14.7. The number of benzene rings is 1. The van der Waals surface area contributed by atoms with Gasteiger partial charge in [0.25, 0.3) is 0 Å². The van der Waals surface area contributed by atoms with Crippen molar-refractivity contribution in [1.82, 2.24) is 15.5 Å². The molecule has 0 bridgehead atoms. The van der Waals surface area contributed by atoms with Crippen LogP contribution in [0.1, 0.15) is 50.0 Å². The molecule has 2 N–H and O–H groups in total. The average molecular weight is 555 g/mol. The lowest BCUT2D eigenvalue weighted by molar-refractivity contribution is 0.133. The van der Waals surface area contributed by atoms with Gasteiger partial charge in [-0.15, -0.1) is 24.0 Å². The first kappa shape index (κ1) is 26.7. The molecule has 32 heavy (non-hydrogen) atoms. The number of halogens is 1. The minimum atomic E-state index is 0. The molecular weight excluding hydrogens is 515 g/mol. The summed E-state index contributed by atoms with van der Waals surface area (Å²) in [4.78, 5) is 7.34. The Bertz CT molecular complexity index is 734. The van der Waals surface area contributed by atoms with Gasteiger partial charge in [-0.25, -0.2) is 0 Å². The highest BCUT2D eigenvalue weighted by atomic mass is 127. The summed E-state index contributed by atoms with van der Waals surface area (Å²) in [5.41, 5.74) is 1.33. The number of likely N-dealkylation sites (tertiary alicyclic amines) is 1. The number of guanidine groups is 1. The van der Waals surface area contributed by atoms with E-state index in [0.717, 1.165) is 70.4 Å². The molecule has 7 heteroatoms. The molecule has 2 aromatic rings. The van der Waals surface area contributed by atoms with Crippen LogP contribution >= 0.6 is 24.0 Å². The SMILES string of the molecule is CCNC(=NCC(c1ccco1)N1CCCC1)NCCCCOCCc1ccccc1.I. The molecule has 1 aliphatic rings. The Morgan fingerprint density at radius 3 is 2.59 bits per heavy atom. The molecule has 1 fully saturated rings. The van der Waals surface area contributed by atoms with Crippen LogP contribution in [0, 0.1) is 0 Å². The molecule has 1 aromatic carbocycles. The van der Waals surface area contributed by atoms with Crippen LogP contribution in [0.4, 0.5) is 0 Å². The fraction of sp³-hybridized carbons (Fsp3) is 0.560. The van der Waals surface area contributed by atoms with Crippen LogP contribution in [0.2, 0.25) is 0 Å². The molecule has 1 aliphatic heterocycles. The van der Waals surface area contributed by atoms with E-state index in [1.165, 1.54) is 18.4 Å². The van der Waals surface area contributed by atoms with Crippen LogP contribution in [0.3, 0.4) is 0 Å². The van der Waals surface area contributed by atoms with Gasteiger partial charge in [-0.2, -0.15) is 0 Å². The van der Waals surface area contributed by atoms with Gasteiger partial charge in [-0.1, -0.05) is 30.3 Å². The van der Waals surface area contributed by atoms with Crippen molar-refractivity contribution in [3.8, 4) is 0 Å². The van der Waals surface area contributed by atoms with Crippen LogP contribution in [-0.4, -0.2) is 56.8 Å². The summed E-state index contributed by atoms with van der Waals surface area (Å²) < 4.78 is 11.5. The molecule has 0 amide bonds. The van der Waals surface area contributed by atoms with Gasteiger partial charge in [0.2, 0.25) is 0 Å². The van der Waals surface area contributed by atoms with Crippen molar-refractivity contribution in [2.75, 3.05) is 45.9 Å². The van der Waals surface area contributed by atoms with Gasteiger partial charge >= 0.3 is 0 Å². The zero-order valence-corrected chi connectivity index (χ0v) is 21.6. The second-order valence-electron chi connectivity index (χ2n) is 7.98. The molecule has 3 rings (SSSR count). The van der Waals surface area contributed by atoms with Crippen molar-refractivity contribution in [1.29, 1.82) is 0 Å². The molecule has 178 valence electrons. The van der Waals surface area contributed by atoms with E-state index in [2.05, 4.69) is 52.8 Å². The molecule has 0 saturated carbocycles. The Morgan fingerprint density at radius 2 is 1.88 bits per heavy atom. The standard InChI is InChI=1S/C25H38N4O2.HI/c1-2-26-25(27-15-6-9-18-30-20-14-22-11-4-3-5-12-22)28-21-23(24-13-10-19-31-24)29-16-7-8-17-29;/h3-5,10-13,19,23H,2,6-9,14-18,20-21H2,1H3,(H2,26,27,28);1H. The maximum absolute atomic E-state index is 5.78. The Balaban J connectivity index is 0.00000363. The first-order valence-corrected chi connectivity index (χ1v) is 11.8. The molecule has 6 nitrogen and oxygen atoms in total. The maximum atomic E-state index is 5.78. The highest BCUT2D eigenvalue weighted by molar-refractivity contribution is 14.0. The number of nitrogens with zero attached hydrogens (tertiary/aromatic N) is 2. The molecule has 0 aliphatic carbocycles. The Labute approximate surface area is 210 Å². The zero-order valence-electron chi connectivity index (χ0n) is 19.3. The molecule has 2 heterocycles. The predicted octanol–water partition coefficient (Wildman–Crippen LogP) is 4.63. The number of nitrogens with one attached hydrogen (secondary N) is 2. The van der Waals surface area contributed by atoms with E-state index in [9.17, 15) is 0 Å². The van der Waals surface area contributed by atoms with Crippen LogP contribution in [-0.2, 0) is 11.2 Å². The predicted molar refractivity (Wildman–Crippen MR) is 142 cm³/mol. The van der Waals surface area contributed by atoms with Crippen molar-refractivity contribution < 1.29 is 9.15 Å². The molecule has 1 aromatic heterocycles. The van der Waals surface area contributed by atoms with Crippen molar-refractivity contribution in [3.63, 3.8) is 0 Å². The molecule has 0 spiro atoms. The number of rotatable bonds is 13. The summed E-state index contributed by atoms with van der Waals surface area (Å²) in [5.74, 6) is 1.89. The maximum Gasteiger partial charge on any atom is 0.191 e. The summed E-state index contributed by atoms with van der Waals surface area (Å²) in [5, 5.41) is 6.82. The van der Waals surface area contributed by atoms with Gasteiger partial charge in [-0.05, 0) is 69.8 Å². The largest absolute Gasteiger partial charge is 0.468 e. The third-order valence-electron chi connectivity index (χ3n) is 5.61. The van der Waals surface area contributed by atoms with Crippen LogP contribution in [0.15, 0.2) is 58.1 Å². The van der Waals surface area contributed by atoms with Crippen molar-refractivity contribution in [2.24, 2.45) is 4.99 Å². The normalized spacial score (nSPS) is 15.3. The number of unbranched alkanes of at least 4 members (excludes halogenated alkanes) is 1. The van der Waals surface area contributed by atoms with E-state index >= 15 is 0 Å². The number of furan rings is 1. The van der Waals surface area contributed by atoms with Crippen LogP contribution in [0.5, 0.6) is 0 Å². The fourth-order valence-corrected chi connectivity index (χ4v) is 3.91. The lowest BCUT2D eigenvalue weighted by Gasteiger charge is -2.24. The van der Waals surface area contributed by atoms with E-state index in [4.69, 9.17) is 14.1 Å². The van der Waals surface area contributed by atoms with E-state index in [1.54, 1.807) is 6.26 Å². The summed E-state index contributed by atoms with van der Waals surface area (Å²) in [7, 11) is 0. The van der Waals surface area contributed by atoms with Gasteiger partial charge in [0.05, 0.1) is 25.5 Å². The van der Waals surface area contributed by atoms with Gasteiger partial charge in [0.15, 0.2) is 5.96 Å². The van der Waals surface area contributed by atoms with Gasteiger partial charge in [-0.3, -0.25) is 9.89 Å². The summed E-state index contributed by atoms with van der Waals surface area (Å²) >= 11 is 0. The average Bonchev–Trinajstić information content (AvgIpc) is 3.51. The highest BCUT2D eigenvalue weighted by Crippen LogP contribution is 2.25. The van der Waals surface area contributed by atoms with E-state index < -0.39 is 0 Å². The summed E-state index contributed by atoms with van der Waals surface area (Å²) in [6.45, 7) is 8.37. The minimum absolute atomic E-state index is 0. The lowest BCUT2D eigenvalue weighted by Crippen LogP contribution is -2.39. The third-order valence-corrected chi connectivity index (χ3v) is 5.61. The fourth-order valence-electron chi connectivity index (χ4n) is 3.91. The molecule has 1 saturated heterocycles. The van der Waals surface area contributed by atoms with Crippen LogP contribution in [0.25, 0.3) is 0 Å². The Morgan fingerprint density at radius 1 is 1.06 bits per heavy atom. The van der Waals surface area contributed by atoms with Crippen molar-refractivity contribution in [2.45, 2.75) is 45.1 Å². The van der Waals surface area contributed by atoms with Crippen LogP contribution < -0.4 is 10.6 Å². The zero-order chi connectivity index (χ0) is 21.6. The number of hydrogen-bond acceptors (Lipinski definition) is 4. The lowest BCUT2D eigenvalue weighted by atomic mass is 10.2. The summed E-state index contributed by atoms with van der Waals surface area (Å²) in [6.07, 6.45) is 7.35. The number of aliphatic imine (C=N–C) groups is 1. The van der Waals surface area contributed by atoms with E-state index in [0.29, 0.717) is 6.54 Å². The smallest absolute Gasteiger partial charge is 0.191 e. The van der Waals surface area contributed by atoms with Gasteiger partial charge in [0.1, 0.15) is 5.76 Å². The minimum Gasteiger partial charge on any atom is -0.468 e. The van der Waals surface area contributed by atoms with Gasteiger partial charge < -0.3 is 19.8 Å². The highest BCUT2D eigenvalue weighted by Gasteiger charge is 2.25. The monoisotopic (exact) mass is 554 g/mol. The number of ether oxygens (including phenoxy) is 1. The molecular formula is C25H39IN4O2. The molecule has 1 atom stereocenters. The van der Waals surface area contributed by atoms with Crippen molar-refractivity contribution in [3.05, 3.63) is 60.1 Å².